The molecule has 1 aromatic carbocycles. The minimum absolute atomic E-state index is 0.00681. The molecule has 0 fully saturated rings. The minimum Gasteiger partial charge on any atom is -0.327 e. The van der Waals surface area contributed by atoms with Gasteiger partial charge >= 0.3 is 0 Å². The first-order valence-electron chi connectivity index (χ1n) is 5.20. The van der Waals surface area contributed by atoms with Crippen molar-refractivity contribution >= 4 is 11.3 Å². The molecule has 1 unspecified atom stereocenters. The lowest BCUT2D eigenvalue weighted by atomic mass is 9.90. The second-order valence-corrected chi connectivity index (χ2v) is 4.62. The summed E-state index contributed by atoms with van der Waals surface area (Å²) in [5.41, 5.74) is 5.79. The van der Waals surface area contributed by atoms with Crippen LogP contribution < -0.4 is 5.73 Å². The first kappa shape index (κ1) is 11.3. The van der Waals surface area contributed by atoms with Gasteiger partial charge in [-0.1, -0.05) is 30.3 Å². The maximum atomic E-state index is 14.7. The topological polar surface area (TPSA) is 26.0 Å². The van der Waals surface area contributed by atoms with E-state index in [0.717, 1.165) is 5.56 Å². The molecule has 1 nitrogen and oxygen atoms in total. The van der Waals surface area contributed by atoms with Crippen molar-refractivity contribution in [2.75, 3.05) is 6.54 Å². The zero-order valence-corrected chi connectivity index (χ0v) is 9.71. The molecule has 1 atom stereocenters. The molecule has 0 aliphatic carbocycles. The van der Waals surface area contributed by atoms with Gasteiger partial charge in [0.15, 0.2) is 5.67 Å². The van der Waals surface area contributed by atoms with E-state index >= 15 is 0 Å². The van der Waals surface area contributed by atoms with Crippen LogP contribution in [0.3, 0.4) is 0 Å². The van der Waals surface area contributed by atoms with Gasteiger partial charge in [-0.3, -0.25) is 0 Å². The highest BCUT2D eigenvalue weighted by molar-refractivity contribution is 7.07. The van der Waals surface area contributed by atoms with Crippen LogP contribution in [0.2, 0.25) is 0 Å². The van der Waals surface area contributed by atoms with Gasteiger partial charge in [0.1, 0.15) is 0 Å². The van der Waals surface area contributed by atoms with E-state index < -0.39 is 5.67 Å². The summed E-state index contributed by atoms with van der Waals surface area (Å²) < 4.78 is 14.7. The summed E-state index contributed by atoms with van der Waals surface area (Å²) in [7, 11) is 0. The number of hydrogen-bond donors (Lipinski definition) is 1. The third kappa shape index (κ3) is 2.31. The molecule has 2 N–H and O–H groups in total. The van der Waals surface area contributed by atoms with Gasteiger partial charge in [0.2, 0.25) is 0 Å². The van der Waals surface area contributed by atoms with Crippen LogP contribution in [0, 0.1) is 0 Å². The number of halogens is 1. The molecule has 1 aromatic heterocycles. The van der Waals surface area contributed by atoms with Gasteiger partial charge in [-0.25, -0.2) is 4.39 Å². The van der Waals surface area contributed by atoms with E-state index in [1.54, 1.807) is 23.5 Å². The fourth-order valence-corrected chi connectivity index (χ4v) is 2.41. The summed E-state index contributed by atoms with van der Waals surface area (Å²) in [5, 5.41) is 3.92. The number of hydrogen-bond acceptors (Lipinski definition) is 2. The maximum absolute atomic E-state index is 14.7. The fraction of sp³-hybridized carbons (Fsp3) is 0.231. The average Bonchev–Trinajstić information content (AvgIpc) is 2.83. The molecule has 0 amide bonds. The molecular formula is C13H14FNS. The third-order valence-electron chi connectivity index (χ3n) is 2.68. The highest BCUT2D eigenvalue weighted by Crippen LogP contribution is 2.29. The van der Waals surface area contributed by atoms with Crippen LogP contribution in [-0.4, -0.2) is 6.54 Å². The van der Waals surface area contributed by atoms with Crippen molar-refractivity contribution in [2.24, 2.45) is 5.73 Å². The summed E-state index contributed by atoms with van der Waals surface area (Å²) in [6.07, 6.45) is 0.344. The Morgan fingerprint density at radius 1 is 1.19 bits per heavy atom. The predicted octanol–water partition coefficient (Wildman–Crippen LogP) is 3.11. The molecule has 0 aliphatic heterocycles. The largest absolute Gasteiger partial charge is 0.327 e. The monoisotopic (exact) mass is 235 g/mol. The highest BCUT2D eigenvalue weighted by Gasteiger charge is 2.30. The van der Waals surface area contributed by atoms with Crippen LogP contribution in [0.15, 0.2) is 47.2 Å². The molecule has 0 spiro atoms. The number of nitrogens with two attached hydrogens (primary N) is 1. The van der Waals surface area contributed by atoms with Crippen LogP contribution in [-0.2, 0) is 12.1 Å². The summed E-state index contributed by atoms with van der Waals surface area (Å²) in [6.45, 7) is 0.00681. The van der Waals surface area contributed by atoms with Gasteiger partial charge in [0, 0.05) is 13.0 Å². The maximum Gasteiger partial charge on any atom is 0.152 e. The zero-order chi connectivity index (χ0) is 11.4. The second-order valence-electron chi connectivity index (χ2n) is 3.84. The van der Waals surface area contributed by atoms with Crippen molar-refractivity contribution in [3.8, 4) is 0 Å². The van der Waals surface area contributed by atoms with Gasteiger partial charge in [0.05, 0.1) is 0 Å². The molecule has 0 saturated heterocycles. The SMILES string of the molecule is NCC(F)(Cc1ccsc1)c1ccccc1. The number of rotatable bonds is 4. The Morgan fingerprint density at radius 2 is 1.94 bits per heavy atom. The molecule has 0 radical (unpaired) electrons. The lowest BCUT2D eigenvalue weighted by molar-refractivity contribution is 0.175. The van der Waals surface area contributed by atoms with E-state index in [-0.39, 0.29) is 6.54 Å². The molecule has 0 saturated carbocycles. The van der Waals surface area contributed by atoms with Crippen LogP contribution in [0.25, 0.3) is 0 Å². The Labute approximate surface area is 98.7 Å². The Morgan fingerprint density at radius 3 is 2.50 bits per heavy atom. The molecule has 0 bridgehead atoms. The van der Waals surface area contributed by atoms with Gasteiger partial charge in [0.25, 0.3) is 0 Å². The number of benzene rings is 1. The first-order valence-corrected chi connectivity index (χ1v) is 6.14. The van der Waals surface area contributed by atoms with Crippen LogP contribution in [0.1, 0.15) is 11.1 Å². The van der Waals surface area contributed by atoms with Crippen molar-refractivity contribution in [1.82, 2.24) is 0 Å². The molecule has 1 heterocycles. The standard InChI is InChI=1S/C13H14FNS/c14-13(10-15,8-11-6-7-16-9-11)12-4-2-1-3-5-12/h1-7,9H,8,10,15H2. The minimum atomic E-state index is -1.46. The number of alkyl halides is 1. The number of thiophene rings is 1. The fourth-order valence-electron chi connectivity index (χ4n) is 1.75. The lowest BCUT2D eigenvalue weighted by Crippen LogP contribution is -2.32. The van der Waals surface area contributed by atoms with E-state index in [1.165, 1.54) is 0 Å². The molecule has 2 aromatic rings. The first-order chi connectivity index (χ1) is 7.74. The third-order valence-corrected chi connectivity index (χ3v) is 3.41. The van der Waals surface area contributed by atoms with Crippen molar-refractivity contribution in [1.29, 1.82) is 0 Å². The lowest BCUT2D eigenvalue weighted by Gasteiger charge is -2.23. The van der Waals surface area contributed by atoms with E-state index in [2.05, 4.69) is 0 Å². The summed E-state index contributed by atoms with van der Waals surface area (Å²) in [5.74, 6) is 0. The smallest absolute Gasteiger partial charge is 0.152 e. The molecular weight excluding hydrogens is 221 g/mol. The van der Waals surface area contributed by atoms with Crippen molar-refractivity contribution in [3.63, 3.8) is 0 Å². The van der Waals surface area contributed by atoms with E-state index in [4.69, 9.17) is 5.73 Å². The van der Waals surface area contributed by atoms with Gasteiger partial charge in [-0.2, -0.15) is 11.3 Å². The predicted molar refractivity (Wildman–Crippen MR) is 66.3 cm³/mol. The zero-order valence-electron chi connectivity index (χ0n) is 8.90. The average molecular weight is 235 g/mol. The van der Waals surface area contributed by atoms with Crippen LogP contribution in [0.5, 0.6) is 0 Å². The summed E-state index contributed by atoms with van der Waals surface area (Å²) >= 11 is 1.58. The second kappa shape index (κ2) is 4.76. The van der Waals surface area contributed by atoms with Crippen molar-refractivity contribution < 1.29 is 4.39 Å². The van der Waals surface area contributed by atoms with Crippen LogP contribution in [0.4, 0.5) is 4.39 Å². The van der Waals surface area contributed by atoms with Gasteiger partial charge < -0.3 is 5.73 Å². The Bertz CT molecular complexity index is 426. The van der Waals surface area contributed by atoms with E-state index in [0.29, 0.717) is 12.0 Å². The normalized spacial score (nSPS) is 14.6. The molecule has 0 aliphatic rings. The Balaban J connectivity index is 2.26. The highest BCUT2D eigenvalue weighted by atomic mass is 32.1. The van der Waals surface area contributed by atoms with Crippen LogP contribution >= 0.6 is 11.3 Å². The van der Waals surface area contributed by atoms with Crippen molar-refractivity contribution in [2.45, 2.75) is 12.1 Å². The summed E-state index contributed by atoms with van der Waals surface area (Å²) in [4.78, 5) is 0. The van der Waals surface area contributed by atoms with Gasteiger partial charge in [-0.05, 0) is 28.0 Å². The van der Waals surface area contributed by atoms with Crippen molar-refractivity contribution in [3.05, 3.63) is 58.3 Å². The summed E-state index contributed by atoms with van der Waals surface area (Å²) in [6, 6.07) is 11.1. The quantitative estimate of drug-likeness (QED) is 0.865. The van der Waals surface area contributed by atoms with Gasteiger partial charge in [-0.15, -0.1) is 0 Å². The van der Waals surface area contributed by atoms with E-state index in [9.17, 15) is 4.39 Å². The molecule has 3 heteroatoms. The molecule has 84 valence electrons. The molecule has 2 rings (SSSR count). The van der Waals surface area contributed by atoms with E-state index in [1.807, 2.05) is 35.0 Å². The Hall–Kier alpha value is -1.19. The Kier molecular flexibility index (Phi) is 3.36. The molecule has 16 heavy (non-hydrogen) atoms.